The van der Waals surface area contributed by atoms with E-state index in [9.17, 15) is 14.9 Å². The fourth-order valence-corrected chi connectivity index (χ4v) is 4.24. The van der Waals surface area contributed by atoms with Crippen LogP contribution in [0.1, 0.15) is 5.56 Å². The number of pyridine rings is 1. The lowest BCUT2D eigenvalue weighted by Crippen LogP contribution is -2.07. The van der Waals surface area contributed by atoms with Gasteiger partial charge >= 0.3 is 0 Å². The Bertz CT molecular complexity index is 1550. The number of rotatable bonds is 3. The van der Waals surface area contributed by atoms with Crippen LogP contribution in [0.5, 0.6) is 0 Å². The first-order valence-corrected chi connectivity index (χ1v) is 9.93. The van der Waals surface area contributed by atoms with Crippen LogP contribution in [-0.4, -0.2) is 9.91 Å². The second-order valence-corrected chi connectivity index (χ2v) is 7.53. The number of hydrogen-bond acceptors (Lipinski definition) is 3. The third-order valence-corrected chi connectivity index (χ3v) is 5.69. The lowest BCUT2D eigenvalue weighted by atomic mass is 9.93. The summed E-state index contributed by atoms with van der Waals surface area (Å²) in [7, 11) is 0. The van der Waals surface area contributed by atoms with E-state index in [1.165, 1.54) is 6.07 Å². The van der Waals surface area contributed by atoms with Crippen molar-refractivity contribution in [2.45, 2.75) is 6.92 Å². The summed E-state index contributed by atoms with van der Waals surface area (Å²) in [5.74, 6) is 0. The van der Waals surface area contributed by atoms with Crippen molar-refractivity contribution in [3.63, 3.8) is 0 Å². The Balaban J connectivity index is 1.86. The van der Waals surface area contributed by atoms with Gasteiger partial charge in [0.2, 0.25) is 0 Å². The van der Waals surface area contributed by atoms with Crippen molar-refractivity contribution in [1.82, 2.24) is 4.98 Å². The number of benzene rings is 4. The third kappa shape index (κ3) is 3.07. The van der Waals surface area contributed by atoms with E-state index in [1.54, 1.807) is 30.3 Å². The zero-order chi connectivity index (χ0) is 21.5. The standard InChI is InChI=1S/C26H18N2O3/c1-16-7-2-3-8-18(16)17-13-14-21-23(15-17)27-26(29)22-11-6-10-20(25(21)22)19-9-4-5-12-24(19)28(30)31/h2-15H,1H3,(H,27,29). The normalized spacial score (nSPS) is 11.1. The average molecular weight is 406 g/mol. The SMILES string of the molecule is Cc1ccccc1-c1ccc2c(c1)[nH]c(=O)c1cccc(-c3ccccc3[N+](=O)[O-])c12. The molecule has 0 fully saturated rings. The first-order chi connectivity index (χ1) is 15.0. The van der Waals surface area contributed by atoms with Crippen molar-refractivity contribution in [2.75, 3.05) is 0 Å². The zero-order valence-corrected chi connectivity index (χ0v) is 16.8. The van der Waals surface area contributed by atoms with Crippen molar-refractivity contribution in [3.8, 4) is 22.3 Å². The molecule has 0 spiro atoms. The lowest BCUT2D eigenvalue weighted by molar-refractivity contribution is -0.384. The minimum atomic E-state index is -0.389. The van der Waals surface area contributed by atoms with Gasteiger partial charge in [0.05, 0.1) is 10.5 Å². The molecule has 1 heterocycles. The largest absolute Gasteiger partial charge is 0.321 e. The highest BCUT2D eigenvalue weighted by molar-refractivity contribution is 6.14. The third-order valence-electron chi connectivity index (χ3n) is 5.69. The van der Waals surface area contributed by atoms with Crippen LogP contribution in [0.2, 0.25) is 0 Å². The monoisotopic (exact) mass is 406 g/mol. The summed E-state index contributed by atoms with van der Waals surface area (Å²) in [6.07, 6.45) is 0. The molecule has 0 saturated heterocycles. The minimum absolute atomic E-state index is 0.0139. The number of aromatic nitrogens is 1. The highest BCUT2D eigenvalue weighted by atomic mass is 16.6. The second-order valence-electron chi connectivity index (χ2n) is 7.53. The van der Waals surface area contributed by atoms with E-state index < -0.39 is 0 Å². The van der Waals surface area contributed by atoms with Crippen molar-refractivity contribution >= 4 is 27.4 Å². The smallest absolute Gasteiger partial charge is 0.277 e. The Hall–Kier alpha value is -4.25. The van der Waals surface area contributed by atoms with Crippen LogP contribution in [0.3, 0.4) is 0 Å². The van der Waals surface area contributed by atoms with E-state index >= 15 is 0 Å². The van der Waals surface area contributed by atoms with Gasteiger partial charge in [-0.2, -0.15) is 0 Å². The lowest BCUT2D eigenvalue weighted by Gasteiger charge is -2.12. The van der Waals surface area contributed by atoms with Crippen molar-refractivity contribution in [2.24, 2.45) is 0 Å². The molecule has 150 valence electrons. The number of nitrogens with one attached hydrogen (secondary N) is 1. The molecule has 0 amide bonds. The summed E-state index contributed by atoms with van der Waals surface area (Å²) in [5.41, 5.74) is 4.90. The molecule has 0 atom stereocenters. The summed E-state index contributed by atoms with van der Waals surface area (Å²) in [5, 5.41) is 13.7. The molecule has 0 radical (unpaired) electrons. The van der Waals surface area contributed by atoms with Crippen LogP contribution in [0.15, 0.2) is 89.7 Å². The van der Waals surface area contributed by atoms with E-state index in [-0.39, 0.29) is 16.2 Å². The molecule has 5 nitrogen and oxygen atoms in total. The molecule has 5 rings (SSSR count). The van der Waals surface area contributed by atoms with Crippen LogP contribution in [0, 0.1) is 17.0 Å². The highest BCUT2D eigenvalue weighted by Gasteiger charge is 2.18. The number of fused-ring (bicyclic) bond motifs is 3. The van der Waals surface area contributed by atoms with Crippen molar-refractivity contribution < 1.29 is 4.92 Å². The molecule has 5 heteroatoms. The quantitative estimate of drug-likeness (QED) is 0.219. The summed E-state index contributed by atoms with van der Waals surface area (Å²) in [6, 6.07) is 26.0. The van der Waals surface area contributed by atoms with Gasteiger partial charge in [0.25, 0.3) is 11.2 Å². The van der Waals surface area contributed by atoms with E-state index in [0.717, 1.165) is 22.1 Å². The molecule has 0 aliphatic rings. The van der Waals surface area contributed by atoms with Crippen LogP contribution in [-0.2, 0) is 0 Å². The summed E-state index contributed by atoms with van der Waals surface area (Å²) >= 11 is 0. The van der Waals surface area contributed by atoms with E-state index in [4.69, 9.17) is 0 Å². The van der Waals surface area contributed by atoms with Gasteiger partial charge in [-0.05, 0) is 47.4 Å². The van der Waals surface area contributed by atoms with Crippen LogP contribution >= 0.6 is 0 Å². The highest BCUT2D eigenvalue weighted by Crippen LogP contribution is 2.37. The van der Waals surface area contributed by atoms with Gasteiger partial charge in [0.15, 0.2) is 0 Å². The Kier molecular flexibility index (Phi) is 4.37. The molecule has 0 unspecified atom stereocenters. The van der Waals surface area contributed by atoms with Crippen LogP contribution in [0.4, 0.5) is 5.69 Å². The first-order valence-electron chi connectivity index (χ1n) is 9.93. The summed E-state index contributed by atoms with van der Waals surface area (Å²) in [6.45, 7) is 2.05. The van der Waals surface area contributed by atoms with Gasteiger partial charge in [-0.25, -0.2) is 0 Å². The van der Waals surface area contributed by atoms with Gasteiger partial charge in [-0.1, -0.05) is 60.7 Å². The molecule has 0 bridgehead atoms. The predicted molar refractivity (Wildman–Crippen MR) is 124 cm³/mol. The predicted octanol–water partition coefficient (Wildman–Crippen LogP) is 6.23. The number of nitrogens with zero attached hydrogens (tertiary/aromatic N) is 1. The number of hydrogen-bond donors (Lipinski definition) is 1. The molecule has 0 aliphatic carbocycles. The zero-order valence-electron chi connectivity index (χ0n) is 16.8. The van der Waals surface area contributed by atoms with Crippen molar-refractivity contribution in [1.29, 1.82) is 0 Å². The van der Waals surface area contributed by atoms with Gasteiger partial charge in [0.1, 0.15) is 0 Å². The number of nitro benzene ring substituents is 1. The van der Waals surface area contributed by atoms with E-state index in [1.807, 2.05) is 36.4 Å². The van der Waals surface area contributed by atoms with Gasteiger partial charge in [-0.3, -0.25) is 14.9 Å². The molecule has 1 aromatic heterocycles. The maximum absolute atomic E-state index is 12.9. The Morgan fingerprint density at radius 2 is 1.48 bits per heavy atom. The van der Waals surface area contributed by atoms with Crippen LogP contribution in [0.25, 0.3) is 43.9 Å². The fourth-order valence-electron chi connectivity index (χ4n) is 4.24. The Labute approximate surface area is 177 Å². The molecular formula is C26H18N2O3. The molecule has 0 aliphatic heterocycles. The maximum Gasteiger partial charge on any atom is 0.277 e. The average Bonchev–Trinajstić information content (AvgIpc) is 2.79. The molecule has 5 aromatic rings. The van der Waals surface area contributed by atoms with Gasteiger partial charge in [-0.15, -0.1) is 0 Å². The number of aryl methyl sites for hydroxylation is 1. The van der Waals surface area contributed by atoms with E-state index in [0.29, 0.717) is 27.4 Å². The summed E-state index contributed by atoms with van der Waals surface area (Å²) < 4.78 is 0. The topological polar surface area (TPSA) is 76.0 Å². The minimum Gasteiger partial charge on any atom is -0.321 e. The Morgan fingerprint density at radius 3 is 2.26 bits per heavy atom. The first kappa shape index (κ1) is 18.8. The number of nitro groups is 1. The van der Waals surface area contributed by atoms with Crippen LogP contribution < -0.4 is 5.56 Å². The van der Waals surface area contributed by atoms with E-state index in [2.05, 4.69) is 24.0 Å². The number of aromatic amines is 1. The second kappa shape index (κ2) is 7.22. The molecule has 0 saturated carbocycles. The van der Waals surface area contributed by atoms with Gasteiger partial charge in [0, 0.05) is 27.7 Å². The number of H-pyrrole nitrogens is 1. The van der Waals surface area contributed by atoms with Gasteiger partial charge < -0.3 is 4.98 Å². The number of para-hydroxylation sites is 1. The maximum atomic E-state index is 12.9. The van der Waals surface area contributed by atoms with Crippen molar-refractivity contribution in [3.05, 3.63) is 111 Å². The molecular weight excluding hydrogens is 388 g/mol. The fraction of sp³-hybridized carbons (Fsp3) is 0.0385. The summed E-state index contributed by atoms with van der Waals surface area (Å²) in [4.78, 5) is 27.2. The Morgan fingerprint density at radius 1 is 0.774 bits per heavy atom. The molecule has 1 N–H and O–H groups in total. The molecule has 4 aromatic carbocycles. The molecule has 31 heavy (non-hydrogen) atoms.